The Bertz CT molecular complexity index is 1740. The topological polar surface area (TPSA) is 125 Å². The minimum Gasteiger partial charge on any atom is -0.352 e. The molecule has 0 fully saturated rings. The van der Waals surface area contributed by atoms with Gasteiger partial charge in [0.15, 0.2) is 0 Å². The van der Waals surface area contributed by atoms with Crippen LogP contribution in [0.25, 0.3) is 11.0 Å². The second kappa shape index (κ2) is 10.9. The van der Waals surface area contributed by atoms with Crippen molar-refractivity contribution in [1.82, 2.24) is 19.5 Å². The average Bonchev–Trinajstić information content (AvgIpc) is 3.22. The fourth-order valence-corrected chi connectivity index (χ4v) is 4.87. The minimum absolute atomic E-state index is 0.343. The zero-order valence-electron chi connectivity index (χ0n) is 21.2. The molecule has 0 aliphatic carbocycles. The van der Waals surface area contributed by atoms with Gasteiger partial charge < -0.3 is 20.1 Å². The summed E-state index contributed by atoms with van der Waals surface area (Å²) in [4.78, 5) is 15.6. The van der Waals surface area contributed by atoms with Crippen LogP contribution in [0, 0.1) is 0 Å². The lowest BCUT2D eigenvalue weighted by Gasteiger charge is -2.19. The summed E-state index contributed by atoms with van der Waals surface area (Å²) in [6, 6.07) is 22.2. The number of nitrogens with one attached hydrogen (secondary N) is 2. The molecule has 0 saturated carbocycles. The standard InChI is InChI=1S/C27H26ClN7O3S/c1-34(25-12-13-29-26(33-25)31-21-5-3-4-19(14-21)17-39(36,37)38)22-10-11-24-23(15-22)32-27(35(24)2)30-16-18-6-8-20(28)9-7-18/h3-15H,16-17H2,1-2H3,(H,30,32)(H,29,31,33)(H,36,37,38). The molecule has 5 rings (SSSR count). The van der Waals surface area contributed by atoms with Crippen molar-refractivity contribution in [2.24, 2.45) is 7.05 Å². The van der Waals surface area contributed by atoms with E-state index >= 15 is 0 Å². The summed E-state index contributed by atoms with van der Waals surface area (Å²) in [6.45, 7) is 0.622. The predicted molar refractivity (Wildman–Crippen MR) is 155 cm³/mol. The van der Waals surface area contributed by atoms with Crippen molar-refractivity contribution in [3.05, 3.63) is 95.1 Å². The van der Waals surface area contributed by atoms with E-state index in [2.05, 4.69) is 20.6 Å². The lowest BCUT2D eigenvalue weighted by atomic mass is 10.2. The second-order valence-corrected chi connectivity index (χ2v) is 10.9. The number of aryl methyl sites for hydroxylation is 1. The molecule has 39 heavy (non-hydrogen) atoms. The van der Waals surface area contributed by atoms with Crippen molar-refractivity contribution in [3.8, 4) is 0 Å². The van der Waals surface area contributed by atoms with E-state index in [0.717, 1.165) is 28.2 Å². The van der Waals surface area contributed by atoms with E-state index in [0.29, 0.717) is 34.6 Å². The number of aromatic nitrogens is 4. The number of benzene rings is 3. The van der Waals surface area contributed by atoms with E-state index in [4.69, 9.17) is 21.1 Å². The SMILES string of the molecule is CN(c1ccc2c(c1)nc(NCc1ccc(Cl)cc1)n2C)c1ccnc(Nc2cccc(CS(=O)(=O)O)c2)n1. The first-order valence-electron chi connectivity index (χ1n) is 12.0. The van der Waals surface area contributed by atoms with Crippen molar-refractivity contribution >= 4 is 61.8 Å². The number of rotatable bonds is 9. The molecular weight excluding hydrogens is 538 g/mol. The highest BCUT2D eigenvalue weighted by molar-refractivity contribution is 7.85. The number of hydrogen-bond donors (Lipinski definition) is 3. The highest BCUT2D eigenvalue weighted by Crippen LogP contribution is 2.28. The summed E-state index contributed by atoms with van der Waals surface area (Å²) in [5.41, 5.74) is 4.87. The van der Waals surface area contributed by atoms with Crippen molar-refractivity contribution in [2.75, 3.05) is 22.6 Å². The third kappa shape index (κ3) is 6.45. The molecule has 0 aliphatic heterocycles. The Labute approximate surface area is 231 Å². The van der Waals surface area contributed by atoms with Crippen molar-refractivity contribution in [2.45, 2.75) is 12.3 Å². The molecule has 0 radical (unpaired) electrons. The molecule has 3 aromatic carbocycles. The van der Waals surface area contributed by atoms with Crippen LogP contribution in [0.1, 0.15) is 11.1 Å². The van der Waals surface area contributed by atoms with Crippen molar-refractivity contribution in [1.29, 1.82) is 0 Å². The van der Waals surface area contributed by atoms with Gasteiger partial charge in [0.25, 0.3) is 10.1 Å². The molecule has 3 N–H and O–H groups in total. The van der Waals surface area contributed by atoms with Gasteiger partial charge in [0.05, 0.1) is 11.0 Å². The Balaban J connectivity index is 1.33. The van der Waals surface area contributed by atoms with E-state index in [-0.39, 0.29) is 0 Å². The largest absolute Gasteiger partial charge is 0.352 e. The number of fused-ring (bicyclic) bond motifs is 1. The lowest BCUT2D eigenvalue weighted by Crippen LogP contribution is -2.12. The second-order valence-electron chi connectivity index (χ2n) is 9.00. The van der Waals surface area contributed by atoms with E-state index in [1.165, 1.54) is 0 Å². The molecule has 0 amide bonds. The Morgan fingerprint density at radius 3 is 2.56 bits per heavy atom. The monoisotopic (exact) mass is 563 g/mol. The van der Waals surface area contributed by atoms with E-state index < -0.39 is 15.9 Å². The zero-order chi connectivity index (χ0) is 27.6. The summed E-state index contributed by atoms with van der Waals surface area (Å²) in [5.74, 6) is 1.28. The highest BCUT2D eigenvalue weighted by atomic mass is 35.5. The molecule has 0 spiro atoms. The van der Waals surface area contributed by atoms with Gasteiger partial charge in [0.1, 0.15) is 11.6 Å². The molecule has 0 atom stereocenters. The van der Waals surface area contributed by atoms with Gasteiger partial charge in [-0.2, -0.15) is 13.4 Å². The fourth-order valence-electron chi connectivity index (χ4n) is 4.15. The van der Waals surface area contributed by atoms with E-state index in [1.54, 1.807) is 36.5 Å². The van der Waals surface area contributed by atoms with Crippen molar-refractivity contribution in [3.63, 3.8) is 0 Å². The maximum absolute atomic E-state index is 11.2. The first-order valence-corrected chi connectivity index (χ1v) is 14.0. The molecule has 0 aliphatic rings. The van der Waals surface area contributed by atoms with Crippen LogP contribution in [0.5, 0.6) is 0 Å². The van der Waals surface area contributed by atoms with E-state index in [9.17, 15) is 8.42 Å². The molecule has 2 heterocycles. The quantitative estimate of drug-likeness (QED) is 0.198. The summed E-state index contributed by atoms with van der Waals surface area (Å²) < 4.78 is 33.6. The van der Waals surface area contributed by atoms with E-state index in [1.807, 2.05) is 66.0 Å². The minimum atomic E-state index is -4.13. The maximum Gasteiger partial charge on any atom is 0.269 e. The van der Waals surface area contributed by atoms with Gasteiger partial charge in [-0.05, 0) is 59.7 Å². The molecular formula is C27H26ClN7O3S. The average molecular weight is 564 g/mol. The maximum atomic E-state index is 11.2. The number of hydrogen-bond acceptors (Lipinski definition) is 8. The Hall–Kier alpha value is -4.19. The third-order valence-electron chi connectivity index (χ3n) is 6.13. The van der Waals surface area contributed by atoms with Gasteiger partial charge >= 0.3 is 0 Å². The molecule has 12 heteroatoms. The van der Waals surface area contributed by atoms with Gasteiger partial charge in [-0.1, -0.05) is 35.9 Å². The summed E-state index contributed by atoms with van der Waals surface area (Å²) in [5, 5.41) is 7.18. The first kappa shape index (κ1) is 26.4. The fraction of sp³-hybridized carbons (Fsp3) is 0.148. The summed E-state index contributed by atoms with van der Waals surface area (Å²) in [7, 11) is -0.257. The number of anilines is 5. The normalized spacial score (nSPS) is 11.5. The molecule has 200 valence electrons. The predicted octanol–water partition coefficient (Wildman–Crippen LogP) is 5.53. The smallest absolute Gasteiger partial charge is 0.269 e. The van der Waals surface area contributed by atoms with Crippen LogP contribution >= 0.6 is 11.6 Å². The van der Waals surface area contributed by atoms with Crippen LogP contribution in [-0.4, -0.2) is 39.5 Å². The molecule has 5 aromatic rings. The number of halogens is 1. The van der Waals surface area contributed by atoms with Crippen LogP contribution < -0.4 is 15.5 Å². The number of nitrogens with zero attached hydrogens (tertiary/aromatic N) is 5. The zero-order valence-corrected chi connectivity index (χ0v) is 22.8. The van der Waals surface area contributed by atoms with Gasteiger partial charge in [-0.25, -0.2) is 9.97 Å². The summed E-state index contributed by atoms with van der Waals surface area (Å²) >= 11 is 5.98. The molecule has 0 unspecified atom stereocenters. The van der Waals surface area contributed by atoms with Crippen LogP contribution in [-0.2, 0) is 29.5 Å². The third-order valence-corrected chi connectivity index (χ3v) is 7.08. The Morgan fingerprint density at radius 1 is 1.00 bits per heavy atom. The molecule has 0 bridgehead atoms. The van der Waals surface area contributed by atoms with Gasteiger partial charge in [-0.15, -0.1) is 0 Å². The number of imidazole rings is 1. The van der Waals surface area contributed by atoms with Crippen molar-refractivity contribution < 1.29 is 13.0 Å². The van der Waals surface area contributed by atoms with Crippen LogP contribution in [0.3, 0.4) is 0 Å². The Kier molecular flexibility index (Phi) is 7.38. The highest BCUT2D eigenvalue weighted by Gasteiger charge is 2.13. The van der Waals surface area contributed by atoms with Crippen LogP contribution in [0.15, 0.2) is 79.0 Å². The Morgan fingerprint density at radius 2 is 1.79 bits per heavy atom. The summed E-state index contributed by atoms with van der Waals surface area (Å²) in [6.07, 6.45) is 1.64. The molecule has 2 aromatic heterocycles. The molecule has 0 saturated heterocycles. The van der Waals surface area contributed by atoms with Gasteiger partial charge in [-0.3, -0.25) is 4.55 Å². The van der Waals surface area contributed by atoms with Crippen LogP contribution in [0.4, 0.5) is 29.1 Å². The molecule has 10 nitrogen and oxygen atoms in total. The van der Waals surface area contributed by atoms with Gasteiger partial charge in [0, 0.05) is 43.2 Å². The lowest BCUT2D eigenvalue weighted by molar-refractivity contribution is 0.482. The van der Waals surface area contributed by atoms with Crippen LogP contribution in [0.2, 0.25) is 5.02 Å². The first-order chi connectivity index (χ1) is 18.6. The van der Waals surface area contributed by atoms with Gasteiger partial charge in [0.2, 0.25) is 11.9 Å².